The highest BCUT2D eigenvalue weighted by molar-refractivity contribution is 5.20. The number of nitrogens with two attached hydrogens (primary N) is 1. The summed E-state index contributed by atoms with van der Waals surface area (Å²) in [4.78, 5) is 2.38. The predicted octanol–water partition coefficient (Wildman–Crippen LogP) is 2.56. The Balaban J connectivity index is 2.10. The molecule has 1 aliphatic rings. The van der Waals surface area contributed by atoms with Gasteiger partial charge in [0.05, 0.1) is 0 Å². The van der Waals surface area contributed by atoms with Gasteiger partial charge in [-0.05, 0) is 49.5 Å². The summed E-state index contributed by atoms with van der Waals surface area (Å²) >= 11 is 0. The molecule has 1 aromatic rings. The van der Waals surface area contributed by atoms with Gasteiger partial charge in [-0.1, -0.05) is 19.1 Å². The van der Waals surface area contributed by atoms with Crippen LogP contribution in [0.5, 0.6) is 0 Å². The Labute approximate surface area is 103 Å². The molecule has 2 nitrogen and oxygen atoms in total. The molecule has 2 N–H and O–H groups in total. The number of hydrogen-bond donors (Lipinski definition) is 1. The maximum Gasteiger partial charge on any atom is 0.123 e. The van der Waals surface area contributed by atoms with Gasteiger partial charge < -0.3 is 5.73 Å². The van der Waals surface area contributed by atoms with Gasteiger partial charge in [0.2, 0.25) is 0 Å². The zero-order valence-corrected chi connectivity index (χ0v) is 10.4. The largest absolute Gasteiger partial charge is 0.329 e. The molecular formula is C14H21FN2. The quantitative estimate of drug-likeness (QED) is 0.874. The van der Waals surface area contributed by atoms with Crippen LogP contribution in [0.4, 0.5) is 4.39 Å². The van der Waals surface area contributed by atoms with Crippen molar-refractivity contribution in [2.75, 3.05) is 19.6 Å². The molecule has 2 rings (SSSR count). The molecule has 1 aliphatic heterocycles. The van der Waals surface area contributed by atoms with Gasteiger partial charge in [0.25, 0.3) is 0 Å². The summed E-state index contributed by atoms with van der Waals surface area (Å²) in [5, 5.41) is 0. The zero-order chi connectivity index (χ0) is 12.3. The molecule has 1 saturated heterocycles. The van der Waals surface area contributed by atoms with Crippen LogP contribution in [-0.2, 0) is 0 Å². The minimum atomic E-state index is -0.175. The highest BCUT2D eigenvalue weighted by atomic mass is 19.1. The van der Waals surface area contributed by atoms with Gasteiger partial charge in [0.15, 0.2) is 0 Å². The van der Waals surface area contributed by atoms with Crippen molar-refractivity contribution in [1.82, 2.24) is 4.90 Å². The van der Waals surface area contributed by atoms with Gasteiger partial charge in [-0.2, -0.15) is 0 Å². The molecule has 0 aromatic heterocycles. The smallest absolute Gasteiger partial charge is 0.123 e. The minimum absolute atomic E-state index is 0.165. The Bertz CT molecular complexity index is 359. The Morgan fingerprint density at radius 1 is 1.41 bits per heavy atom. The molecule has 1 atom stereocenters. The van der Waals surface area contributed by atoms with Crippen molar-refractivity contribution in [3.8, 4) is 0 Å². The van der Waals surface area contributed by atoms with E-state index in [-0.39, 0.29) is 11.9 Å². The van der Waals surface area contributed by atoms with Crippen molar-refractivity contribution < 1.29 is 4.39 Å². The first-order valence-corrected chi connectivity index (χ1v) is 6.40. The van der Waals surface area contributed by atoms with E-state index in [1.165, 1.54) is 18.9 Å². The summed E-state index contributed by atoms with van der Waals surface area (Å²) in [5.41, 5.74) is 6.86. The molecule has 1 heterocycles. The van der Waals surface area contributed by atoms with Gasteiger partial charge in [-0.15, -0.1) is 0 Å². The van der Waals surface area contributed by atoms with E-state index in [9.17, 15) is 4.39 Å². The number of piperidine rings is 1. The van der Waals surface area contributed by atoms with E-state index in [4.69, 9.17) is 5.73 Å². The van der Waals surface area contributed by atoms with E-state index < -0.39 is 0 Å². The number of likely N-dealkylation sites (tertiary alicyclic amines) is 1. The van der Waals surface area contributed by atoms with Crippen molar-refractivity contribution in [3.05, 3.63) is 35.6 Å². The fourth-order valence-corrected chi connectivity index (χ4v) is 2.55. The number of rotatable bonds is 3. The second kappa shape index (κ2) is 5.61. The van der Waals surface area contributed by atoms with Gasteiger partial charge in [0.1, 0.15) is 5.82 Å². The van der Waals surface area contributed by atoms with Gasteiger partial charge >= 0.3 is 0 Å². The lowest BCUT2D eigenvalue weighted by Gasteiger charge is -2.36. The summed E-state index contributed by atoms with van der Waals surface area (Å²) in [6, 6.07) is 6.99. The van der Waals surface area contributed by atoms with Crippen LogP contribution in [0.15, 0.2) is 24.3 Å². The molecular weight excluding hydrogens is 215 g/mol. The van der Waals surface area contributed by atoms with Gasteiger partial charge in [-0.3, -0.25) is 4.90 Å². The lowest BCUT2D eigenvalue weighted by atomic mass is 9.96. The van der Waals surface area contributed by atoms with E-state index in [2.05, 4.69) is 11.8 Å². The molecule has 0 radical (unpaired) electrons. The molecule has 0 aliphatic carbocycles. The van der Waals surface area contributed by atoms with Crippen LogP contribution in [0.1, 0.15) is 31.4 Å². The SMILES string of the molecule is CC1CCN(C(CN)c2cccc(F)c2)CC1. The number of benzene rings is 1. The normalized spacial score (nSPS) is 20.4. The third-order valence-electron chi connectivity index (χ3n) is 3.72. The summed E-state index contributed by atoms with van der Waals surface area (Å²) in [6.45, 7) is 4.98. The third kappa shape index (κ3) is 3.05. The Morgan fingerprint density at radius 2 is 2.12 bits per heavy atom. The lowest BCUT2D eigenvalue weighted by Crippen LogP contribution is -2.39. The maximum atomic E-state index is 13.2. The minimum Gasteiger partial charge on any atom is -0.329 e. The summed E-state index contributed by atoms with van der Waals surface area (Å²) in [7, 11) is 0. The Kier molecular flexibility index (Phi) is 4.13. The molecule has 0 saturated carbocycles. The van der Waals surface area contributed by atoms with Crippen molar-refractivity contribution >= 4 is 0 Å². The average molecular weight is 236 g/mol. The number of nitrogens with zero attached hydrogens (tertiary/aromatic N) is 1. The van der Waals surface area contributed by atoms with Crippen molar-refractivity contribution in [2.24, 2.45) is 11.7 Å². The van der Waals surface area contributed by atoms with Gasteiger partial charge in [0, 0.05) is 12.6 Å². The Hall–Kier alpha value is -0.930. The predicted molar refractivity (Wildman–Crippen MR) is 68.2 cm³/mol. The van der Waals surface area contributed by atoms with E-state index >= 15 is 0 Å². The monoisotopic (exact) mass is 236 g/mol. The standard InChI is InChI=1S/C14H21FN2/c1-11-5-7-17(8-6-11)14(10-16)12-3-2-4-13(15)9-12/h2-4,9,11,14H,5-8,10,16H2,1H3. The molecule has 0 bridgehead atoms. The average Bonchev–Trinajstić information content (AvgIpc) is 2.33. The molecule has 1 unspecified atom stereocenters. The lowest BCUT2D eigenvalue weighted by molar-refractivity contribution is 0.141. The van der Waals surface area contributed by atoms with E-state index in [0.717, 1.165) is 24.6 Å². The molecule has 0 amide bonds. The zero-order valence-electron chi connectivity index (χ0n) is 10.4. The molecule has 1 fully saturated rings. The van der Waals surface area contributed by atoms with E-state index in [0.29, 0.717) is 6.54 Å². The Morgan fingerprint density at radius 3 is 2.71 bits per heavy atom. The molecule has 0 spiro atoms. The molecule has 17 heavy (non-hydrogen) atoms. The first kappa shape index (κ1) is 12.5. The highest BCUT2D eigenvalue weighted by Gasteiger charge is 2.23. The fraction of sp³-hybridized carbons (Fsp3) is 0.571. The molecule has 94 valence electrons. The molecule has 3 heteroatoms. The summed E-state index contributed by atoms with van der Waals surface area (Å²) in [5.74, 6) is 0.628. The van der Waals surface area contributed by atoms with Crippen LogP contribution in [-0.4, -0.2) is 24.5 Å². The van der Waals surface area contributed by atoms with Crippen molar-refractivity contribution in [3.63, 3.8) is 0 Å². The second-order valence-corrected chi connectivity index (χ2v) is 5.02. The van der Waals surface area contributed by atoms with Crippen LogP contribution in [0.3, 0.4) is 0 Å². The molecule has 1 aromatic carbocycles. The van der Waals surface area contributed by atoms with Crippen molar-refractivity contribution in [2.45, 2.75) is 25.8 Å². The number of hydrogen-bond acceptors (Lipinski definition) is 2. The van der Waals surface area contributed by atoms with E-state index in [1.807, 2.05) is 6.07 Å². The van der Waals surface area contributed by atoms with Gasteiger partial charge in [-0.25, -0.2) is 4.39 Å². The van der Waals surface area contributed by atoms with Crippen LogP contribution >= 0.6 is 0 Å². The summed E-state index contributed by atoms with van der Waals surface area (Å²) in [6.07, 6.45) is 2.43. The second-order valence-electron chi connectivity index (χ2n) is 5.02. The topological polar surface area (TPSA) is 29.3 Å². The first-order chi connectivity index (χ1) is 8.20. The number of halogens is 1. The van der Waals surface area contributed by atoms with Crippen LogP contribution in [0.25, 0.3) is 0 Å². The van der Waals surface area contributed by atoms with Crippen LogP contribution in [0.2, 0.25) is 0 Å². The first-order valence-electron chi connectivity index (χ1n) is 6.40. The highest BCUT2D eigenvalue weighted by Crippen LogP contribution is 2.26. The van der Waals surface area contributed by atoms with Crippen LogP contribution in [0, 0.1) is 11.7 Å². The van der Waals surface area contributed by atoms with E-state index in [1.54, 1.807) is 12.1 Å². The third-order valence-corrected chi connectivity index (χ3v) is 3.72. The fourth-order valence-electron chi connectivity index (χ4n) is 2.55. The van der Waals surface area contributed by atoms with Crippen LogP contribution < -0.4 is 5.73 Å². The van der Waals surface area contributed by atoms with Crippen molar-refractivity contribution in [1.29, 1.82) is 0 Å². The summed E-state index contributed by atoms with van der Waals surface area (Å²) < 4.78 is 13.2. The maximum absolute atomic E-state index is 13.2.